The second-order valence-electron chi connectivity index (χ2n) is 7.57. The zero-order valence-electron chi connectivity index (χ0n) is 18.3. The topological polar surface area (TPSA) is 43.0 Å². The van der Waals surface area contributed by atoms with Crippen LogP contribution in [0.1, 0.15) is 17.2 Å². The van der Waals surface area contributed by atoms with Gasteiger partial charge in [0, 0.05) is 17.3 Å². The fraction of sp³-hybridized carbons (Fsp3) is 0.240. The lowest BCUT2D eigenvalue weighted by Crippen LogP contribution is -2.44. The summed E-state index contributed by atoms with van der Waals surface area (Å²) in [5.74, 6) is 1.60. The lowest BCUT2D eigenvalue weighted by Gasteiger charge is -2.39. The van der Waals surface area contributed by atoms with E-state index in [0.29, 0.717) is 40.5 Å². The number of rotatable bonds is 6. The van der Waals surface area contributed by atoms with Gasteiger partial charge in [0.1, 0.15) is 18.2 Å². The van der Waals surface area contributed by atoms with Crippen LogP contribution in [0.5, 0.6) is 17.2 Å². The molecule has 1 atom stereocenters. The SMILES string of the molecule is COc1cc2c(cc1OC)[C@@H](COc1ccc(F)cc1)N(C(=S)Nc1ccc(Cl)cc1)CC2. The van der Waals surface area contributed by atoms with Crippen LogP contribution in [-0.4, -0.2) is 37.4 Å². The van der Waals surface area contributed by atoms with Crippen molar-refractivity contribution >= 4 is 34.6 Å². The summed E-state index contributed by atoms with van der Waals surface area (Å²) in [6.07, 6.45) is 0.783. The number of nitrogens with zero attached hydrogens (tertiary/aromatic N) is 1. The summed E-state index contributed by atoms with van der Waals surface area (Å²) in [5, 5.41) is 4.53. The van der Waals surface area contributed by atoms with Crippen molar-refractivity contribution in [1.29, 1.82) is 0 Å². The fourth-order valence-corrected chi connectivity index (χ4v) is 4.35. The third-order valence-electron chi connectivity index (χ3n) is 5.58. The molecule has 5 nitrogen and oxygen atoms in total. The minimum absolute atomic E-state index is 0.189. The van der Waals surface area contributed by atoms with Crippen LogP contribution in [0, 0.1) is 5.82 Å². The van der Waals surface area contributed by atoms with Crippen molar-refractivity contribution in [3.05, 3.63) is 82.6 Å². The van der Waals surface area contributed by atoms with Gasteiger partial charge in [-0.2, -0.15) is 0 Å². The quantitative estimate of drug-likeness (QED) is 0.439. The van der Waals surface area contributed by atoms with Crippen molar-refractivity contribution in [3.8, 4) is 17.2 Å². The molecule has 0 fully saturated rings. The zero-order chi connectivity index (χ0) is 23.4. The third kappa shape index (κ3) is 5.31. The van der Waals surface area contributed by atoms with Gasteiger partial charge in [0.2, 0.25) is 0 Å². The molecule has 3 aromatic carbocycles. The molecule has 172 valence electrons. The number of hydrogen-bond acceptors (Lipinski definition) is 4. The lowest BCUT2D eigenvalue weighted by molar-refractivity contribution is 0.190. The largest absolute Gasteiger partial charge is 0.493 e. The number of ether oxygens (including phenoxy) is 3. The molecule has 1 heterocycles. The van der Waals surface area contributed by atoms with Gasteiger partial charge in [0.05, 0.1) is 20.3 Å². The van der Waals surface area contributed by atoms with E-state index in [2.05, 4.69) is 10.2 Å². The minimum Gasteiger partial charge on any atom is -0.493 e. The van der Waals surface area contributed by atoms with Crippen molar-refractivity contribution in [1.82, 2.24) is 4.90 Å². The standard InChI is InChI=1S/C25H24ClFN2O3S/c1-30-23-13-16-11-12-29(25(33)28-19-7-3-17(26)4-8-19)22(21(16)14-24(23)31-2)15-32-20-9-5-18(27)6-10-20/h3-10,13-14,22H,11-12,15H2,1-2H3,(H,28,33)/t22-/m1/s1. The van der Waals surface area contributed by atoms with E-state index in [1.54, 1.807) is 26.4 Å². The number of thiocarbonyl (C=S) groups is 1. The Kier molecular flexibility index (Phi) is 7.20. The highest BCUT2D eigenvalue weighted by molar-refractivity contribution is 7.80. The monoisotopic (exact) mass is 486 g/mol. The number of fused-ring (bicyclic) bond motifs is 1. The number of anilines is 1. The van der Waals surface area contributed by atoms with Gasteiger partial charge in [-0.05, 0) is 90.4 Å². The number of halogens is 2. The summed E-state index contributed by atoms with van der Waals surface area (Å²) >= 11 is 11.8. The van der Waals surface area contributed by atoms with Gasteiger partial charge >= 0.3 is 0 Å². The van der Waals surface area contributed by atoms with E-state index in [0.717, 1.165) is 23.2 Å². The molecular formula is C25H24ClFN2O3S. The maximum atomic E-state index is 13.3. The van der Waals surface area contributed by atoms with Crippen molar-refractivity contribution in [2.45, 2.75) is 12.5 Å². The molecule has 3 aromatic rings. The molecule has 8 heteroatoms. The fourth-order valence-electron chi connectivity index (χ4n) is 3.89. The van der Waals surface area contributed by atoms with E-state index in [9.17, 15) is 4.39 Å². The highest BCUT2D eigenvalue weighted by Crippen LogP contribution is 2.38. The predicted octanol–water partition coefficient (Wildman–Crippen LogP) is 5.87. The summed E-state index contributed by atoms with van der Waals surface area (Å²) in [5.41, 5.74) is 3.04. The Morgan fingerprint density at radius 1 is 1.06 bits per heavy atom. The number of nitrogens with one attached hydrogen (secondary N) is 1. The molecule has 4 rings (SSSR count). The molecular weight excluding hydrogens is 463 g/mol. The van der Waals surface area contributed by atoms with Crippen LogP contribution in [0.4, 0.5) is 10.1 Å². The van der Waals surface area contributed by atoms with Crippen LogP contribution in [-0.2, 0) is 6.42 Å². The van der Waals surface area contributed by atoms with Crippen molar-refractivity contribution in [2.24, 2.45) is 0 Å². The zero-order valence-corrected chi connectivity index (χ0v) is 19.9. The molecule has 0 radical (unpaired) electrons. The van der Waals surface area contributed by atoms with Crippen LogP contribution in [0.2, 0.25) is 5.02 Å². The molecule has 0 spiro atoms. The maximum Gasteiger partial charge on any atom is 0.174 e. The molecule has 0 aliphatic carbocycles. The minimum atomic E-state index is -0.308. The van der Waals surface area contributed by atoms with E-state index in [-0.39, 0.29) is 11.9 Å². The maximum absolute atomic E-state index is 13.3. The summed E-state index contributed by atoms with van der Waals surface area (Å²) in [4.78, 5) is 2.10. The third-order valence-corrected chi connectivity index (χ3v) is 6.17. The van der Waals surface area contributed by atoms with Gasteiger partial charge in [-0.15, -0.1) is 0 Å². The van der Waals surface area contributed by atoms with Crippen molar-refractivity contribution in [3.63, 3.8) is 0 Å². The summed E-state index contributed by atoms with van der Waals surface area (Å²) < 4.78 is 30.4. The summed E-state index contributed by atoms with van der Waals surface area (Å²) in [6.45, 7) is 1.01. The van der Waals surface area contributed by atoms with Crippen LogP contribution in [0.15, 0.2) is 60.7 Å². The van der Waals surface area contributed by atoms with Gasteiger partial charge < -0.3 is 24.4 Å². The van der Waals surface area contributed by atoms with E-state index < -0.39 is 0 Å². The summed E-state index contributed by atoms with van der Waals surface area (Å²) in [6, 6.07) is 17.2. The van der Waals surface area contributed by atoms with E-state index >= 15 is 0 Å². The molecule has 1 aliphatic heterocycles. The van der Waals surface area contributed by atoms with Crippen LogP contribution < -0.4 is 19.5 Å². The average Bonchev–Trinajstić information content (AvgIpc) is 2.83. The van der Waals surface area contributed by atoms with E-state index in [1.165, 1.54) is 12.1 Å². The van der Waals surface area contributed by atoms with Gasteiger partial charge in [-0.25, -0.2) is 4.39 Å². The molecule has 0 saturated carbocycles. The molecule has 0 amide bonds. The Labute approximate surface area is 203 Å². The summed E-state index contributed by atoms with van der Waals surface area (Å²) in [7, 11) is 3.24. The Morgan fingerprint density at radius 3 is 2.39 bits per heavy atom. The average molecular weight is 487 g/mol. The van der Waals surface area contributed by atoms with Gasteiger partial charge in [0.15, 0.2) is 16.6 Å². The highest BCUT2D eigenvalue weighted by atomic mass is 35.5. The first kappa shape index (κ1) is 23.1. The van der Waals surface area contributed by atoms with E-state index in [1.807, 2.05) is 36.4 Å². The Hall–Kier alpha value is -3.03. The molecule has 0 unspecified atom stereocenters. The Balaban J connectivity index is 1.63. The van der Waals surface area contributed by atoms with Crippen LogP contribution >= 0.6 is 23.8 Å². The number of methoxy groups -OCH3 is 2. The normalized spacial score (nSPS) is 14.9. The highest BCUT2D eigenvalue weighted by Gasteiger charge is 2.31. The number of benzene rings is 3. The number of hydrogen-bond donors (Lipinski definition) is 1. The molecule has 1 N–H and O–H groups in total. The van der Waals surface area contributed by atoms with E-state index in [4.69, 9.17) is 38.0 Å². The smallest absolute Gasteiger partial charge is 0.174 e. The van der Waals surface area contributed by atoms with Crippen LogP contribution in [0.3, 0.4) is 0 Å². The predicted molar refractivity (Wildman–Crippen MR) is 132 cm³/mol. The second kappa shape index (κ2) is 10.3. The van der Waals surface area contributed by atoms with Crippen molar-refractivity contribution in [2.75, 3.05) is 32.7 Å². The van der Waals surface area contributed by atoms with Crippen LogP contribution in [0.25, 0.3) is 0 Å². The molecule has 0 bridgehead atoms. The first-order valence-electron chi connectivity index (χ1n) is 10.4. The molecule has 0 aromatic heterocycles. The Bertz CT molecular complexity index is 1130. The second-order valence-corrected chi connectivity index (χ2v) is 8.39. The Morgan fingerprint density at radius 2 is 1.73 bits per heavy atom. The molecule has 1 aliphatic rings. The van der Waals surface area contributed by atoms with Gasteiger partial charge in [0.25, 0.3) is 0 Å². The van der Waals surface area contributed by atoms with Crippen molar-refractivity contribution < 1.29 is 18.6 Å². The first-order valence-corrected chi connectivity index (χ1v) is 11.2. The molecule has 0 saturated heterocycles. The van der Waals surface area contributed by atoms with Gasteiger partial charge in [-0.3, -0.25) is 0 Å². The van der Waals surface area contributed by atoms with Gasteiger partial charge in [-0.1, -0.05) is 11.6 Å². The lowest BCUT2D eigenvalue weighted by atomic mass is 9.92. The molecule has 33 heavy (non-hydrogen) atoms. The first-order chi connectivity index (χ1) is 16.0.